The number of pyridine rings is 1. The van der Waals surface area contributed by atoms with Gasteiger partial charge in [-0.15, -0.1) is 0 Å². The summed E-state index contributed by atoms with van der Waals surface area (Å²) in [6, 6.07) is 17.7. The van der Waals surface area contributed by atoms with Gasteiger partial charge < -0.3 is 4.74 Å². The quantitative estimate of drug-likeness (QED) is 0.451. The summed E-state index contributed by atoms with van der Waals surface area (Å²) in [6.45, 7) is 0.661. The first-order chi connectivity index (χ1) is 10.7. The molecule has 22 heavy (non-hydrogen) atoms. The lowest BCUT2D eigenvalue weighted by Crippen LogP contribution is -1.99. The molecule has 0 unspecified atom stereocenters. The SMILES string of the molecule is Clc1cc(Cl)c2ccc(OCCCc3ccccc3)cc2n1. The van der Waals surface area contributed by atoms with E-state index in [2.05, 4.69) is 29.2 Å². The standard InChI is InChI=1S/C18H15Cl2NO/c19-16-12-18(20)21-17-11-14(8-9-15(16)17)22-10-4-7-13-5-2-1-3-6-13/h1-3,5-6,8-9,11-12H,4,7,10H2. The Morgan fingerprint density at radius 1 is 0.955 bits per heavy atom. The average Bonchev–Trinajstić information content (AvgIpc) is 2.52. The summed E-state index contributed by atoms with van der Waals surface area (Å²) in [5.74, 6) is 0.784. The van der Waals surface area contributed by atoms with E-state index in [1.807, 2.05) is 24.3 Å². The van der Waals surface area contributed by atoms with Crippen LogP contribution in [0.15, 0.2) is 54.6 Å². The van der Waals surface area contributed by atoms with E-state index in [4.69, 9.17) is 27.9 Å². The fraction of sp³-hybridized carbons (Fsp3) is 0.167. The summed E-state index contributed by atoms with van der Waals surface area (Å²) < 4.78 is 5.79. The van der Waals surface area contributed by atoms with E-state index >= 15 is 0 Å². The first-order valence-corrected chi connectivity index (χ1v) is 7.90. The van der Waals surface area contributed by atoms with Crippen molar-refractivity contribution >= 4 is 34.1 Å². The average molecular weight is 332 g/mol. The summed E-state index contributed by atoms with van der Waals surface area (Å²) in [5, 5.41) is 1.87. The first kappa shape index (κ1) is 15.1. The number of benzene rings is 2. The number of hydrogen-bond donors (Lipinski definition) is 0. The Labute approximate surface area is 139 Å². The minimum absolute atomic E-state index is 0.388. The lowest BCUT2D eigenvalue weighted by molar-refractivity contribution is 0.311. The van der Waals surface area contributed by atoms with Crippen LogP contribution in [0, 0.1) is 0 Å². The summed E-state index contributed by atoms with van der Waals surface area (Å²) in [4.78, 5) is 4.27. The van der Waals surface area contributed by atoms with Gasteiger partial charge in [0.1, 0.15) is 10.9 Å². The van der Waals surface area contributed by atoms with Gasteiger partial charge in [0.15, 0.2) is 0 Å². The summed E-state index contributed by atoms with van der Waals surface area (Å²) >= 11 is 12.1. The molecule has 0 aliphatic carbocycles. The molecule has 0 radical (unpaired) electrons. The normalized spacial score (nSPS) is 10.8. The van der Waals surface area contributed by atoms with Gasteiger partial charge in [-0.05, 0) is 36.6 Å². The molecule has 2 aromatic carbocycles. The van der Waals surface area contributed by atoms with Gasteiger partial charge in [-0.3, -0.25) is 0 Å². The van der Waals surface area contributed by atoms with E-state index in [0.29, 0.717) is 16.8 Å². The highest BCUT2D eigenvalue weighted by atomic mass is 35.5. The predicted octanol–water partition coefficient (Wildman–Crippen LogP) is 5.55. The maximum atomic E-state index is 6.14. The largest absolute Gasteiger partial charge is 0.494 e. The molecule has 3 rings (SSSR count). The molecule has 3 aromatic rings. The highest BCUT2D eigenvalue weighted by molar-refractivity contribution is 6.37. The Morgan fingerprint density at radius 3 is 2.59 bits per heavy atom. The molecule has 0 aliphatic rings. The zero-order valence-electron chi connectivity index (χ0n) is 11.9. The van der Waals surface area contributed by atoms with Crippen molar-refractivity contribution in [1.29, 1.82) is 0 Å². The number of hydrogen-bond acceptors (Lipinski definition) is 2. The molecule has 0 fully saturated rings. The van der Waals surface area contributed by atoms with Gasteiger partial charge in [0.05, 0.1) is 17.1 Å². The van der Waals surface area contributed by atoms with Crippen LogP contribution in [0.25, 0.3) is 10.9 Å². The minimum Gasteiger partial charge on any atom is -0.494 e. The van der Waals surface area contributed by atoms with Crippen LogP contribution in [0.3, 0.4) is 0 Å². The number of rotatable bonds is 5. The molecule has 0 bridgehead atoms. The highest BCUT2D eigenvalue weighted by Crippen LogP contribution is 2.28. The molecule has 112 valence electrons. The molecule has 0 N–H and O–H groups in total. The van der Waals surface area contributed by atoms with Gasteiger partial charge in [0, 0.05) is 11.5 Å². The van der Waals surface area contributed by atoms with Crippen molar-refractivity contribution < 1.29 is 4.74 Å². The fourth-order valence-corrected chi connectivity index (χ4v) is 2.86. The Morgan fingerprint density at radius 2 is 1.77 bits per heavy atom. The van der Waals surface area contributed by atoms with E-state index in [0.717, 1.165) is 29.5 Å². The topological polar surface area (TPSA) is 22.1 Å². The number of aryl methyl sites for hydroxylation is 1. The molecular weight excluding hydrogens is 317 g/mol. The minimum atomic E-state index is 0.388. The predicted molar refractivity (Wildman–Crippen MR) is 92.0 cm³/mol. The maximum absolute atomic E-state index is 6.14. The molecular formula is C18H15Cl2NO. The molecule has 1 heterocycles. The molecule has 1 aromatic heterocycles. The van der Waals surface area contributed by atoms with Crippen molar-refractivity contribution in [3.63, 3.8) is 0 Å². The van der Waals surface area contributed by atoms with Crippen LogP contribution in [0.5, 0.6) is 5.75 Å². The molecule has 0 amide bonds. The molecule has 2 nitrogen and oxygen atoms in total. The van der Waals surface area contributed by atoms with E-state index in [1.165, 1.54) is 5.56 Å². The van der Waals surface area contributed by atoms with Crippen LogP contribution in [0.1, 0.15) is 12.0 Å². The Kier molecular flexibility index (Phi) is 4.81. The number of nitrogens with zero attached hydrogens (tertiary/aromatic N) is 1. The number of aromatic nitrogens is 1. The number of halogens is 2. The molecule has 0 aliphatic heterocycles. The zero-order valence-corrected chi connectivity index (χ0v) is 13.4. The van der Waals surface area contributed by atoms with Crippen LogP contribution in [-0.4, -0.2) is 11.6 Å². The first-order valence-electron chi connectivity index (χ1n) is 7.15. The van der Waals surface area contributed by atoms with Crippen molar-refractivity contribution in [2.45, 2.75) is 12.8 Å². The Balaban J connectivity index is 1.62. The monoisotopic (exact) mass is 331 g/mol. The van der Waals surface area contributed by atoms with Crippen LogP contribution in [0.4, 0.5) is 0 Å². The zero-order chi connectivity index (χ0) is 15.4. The summed E-state index contributed by atoms with van der Waals surface area (Å²) in [7, 11) is 0. The van der Waals surface area contributed by atoms with Gasteiger partial charge in [-0.1, -0.05) is 53.5 Å². The number of fused-ring (bicyclic) bond motifs is 1. The Bertz CT molecular complexity index is 775. The smallest absolute Gasteiger partial charge is 0.131 e. The van der Waals surface area contributed by atoms with Crippen LogP contribution in [0.2, 0.25) is 10.2 Å². The third-order valence-electron chi connectivity index (χ3n) is 3.42. The van der Waals surface area contributed by atoms with Gasteiger partial charge in [-0.2, -0.15) is 0 Å². The molecule has 0 saturated heterocycles. The second-order valence-corrected chi connectivity index (χ2v) is 5.84. The summed E-state index contributed by atoms with van der Waals surface area (Å²) in [6.07, 6.45) is 1.97. The second kappa shape index (κ2) is 6.99. The second-order valence-electron chi connectivity index (χ2n) is 5.04. The Hall–Kier alpha value is -1.77. The third-order valence-corrected chi connectivity index (χ3v) is 3.93. The number of ether oxygens (including phenoxy) is 1. The van der Waals surface area contributed by atoms with Gasteiger partial charge in [0.2, 0.25) is 0 Å². The highest BCUT2D eigenvalue weighted by Gasteiger charge is 2.05. The molecule has 0 atom stereocenters. The lowest BCUT2D eigenvalue weighted by atomic mass is 10.1. The molecule has 0 spiro atoms. The van der Waals surface area contributed by atoms with Crippen molar-refractivity contribution in [3.05, 3.63) is 70.3 Å². The third kappa shape index (κ3) is 3.70. The lowest BCUT2D eigenvalue weighted by Gasteiger charge is -2.08. The van der Waals surface area contributed by atoms with Gasteiger partial charge in [-0.25, -0.2) is 4.98 Å². The van der Waals surface area contributed by atoms with Crippen molar-refractivity contribution in [3.8, 4) is 5.75 Å². The van der Waals surface area contributed by atoms with Gasteiger partial charge in [0.25, 0.3) is 0 Å². The van der Waals surface area contributed by atoms with E-state index in [1.54, 1.807) is 6.07 Å². The van der Waals surface area contributed by atoms with Crippen molar-refractivity contribution in [1.82, 2.24) is 4.98 Å². The van der Waals surface area contributed by atoms with Crippen molar-refractivity contribution in [2.24, 2.45) is 0 Å². The van der Waals surface area contributed by atoms with Crippen LogP contribution in [-0.2, 0) is 6.42 Å². The molecule has 0 saturated carbocycles. The van der Waals surface area contributed by atoms with Crippen molar-refractivity contribution in [2.75, 3.05) is 6.61 Å². The van der Waals surface area contributed by atoms with Gasteiger partial charge >= 0.3 is 0 Å². The van der Waals surface area contributed by atoms with E-state index in [-0.39, 0.29) is 0 Å². The van der Waals surface area contributed by atoms with Crippen LogP contribution >= 0.6 is 23.2 Å². The van der Waals surface area contributed by atoms with E-state index in [9.17, 15) is 0 Å². The maximum Gasteiger partial charge on any atom is 0.131 e. The van der Waals surface area contributed by atoms with E-state index < -0.39 is 0 Å². The van der Waals surface area contributed by atoms with Crippen LogP contribution < -0.4 is 4.74 Å². The summed E-state index contributed by atoms with van der Waals surface area (Å²) in [5.41, 5.74) is 2.07. The molecule has 4 heteroatoms. The fourth-order valence-electron chi connectivity index (χ4n) is 2.34.